The molecule has 2 heterocycles. The highest BCUT2D eigenvalue weighted by Gasteiger charge is 2.22. The number of aryl methyl sites for hydroxylation is 2. The molecule has 1 N–H and O–H groups in total. The van der Waals surface area contributed by atoms with Crippen LogP contribution in [0.15, 0.2) is 12.5 Å². The maximum atomic E-state index is 4.82. The molecular weight excluding hydrogens is 268 g/mol. The van der Waals surface area contributed by atoms with Gasteiger partial charge in [0.1, 0.15) is 11.0 Å². The minimum Gasteiger partial charge on any atom is -0.330 e. The lowest BCUT2D eigenvalue weighted by Crippen LogP contribution is -2.25. The molecule has 0 spiro atoms. The summed E-state index contributed by atoms with van der Waals surface area (Å²) in [5.41, 5.74) is 2.40. The van der Waals surface area contributed by atoms with Gasteiger partial charge in [0.15, 0.2) is 0 Å². The highest BCUT2D eigenvalue weighted by atomic mass is 32.1. The van der Waals surface area contributed by atoms with Gasteiger partial charge in [-0.3, -0.25) is 0 Å². The van der Waals surface area contributed by atoms with E-state index < -0.39 is 0 Å². The molecule has 0 aliphatic rings. The third-order valence-electron chi connectivity index (χ3n) is 3.45. The van der Waals surface area contributed by atoms with Crippen LogP contribution in [0.1, 0.15) is 61.1 Å². The average Bonchev–Trinajstić information content (AvgIpc) is 3.02. The van der Waals surface area contributed by atoms with Crippen molar-refractivity contribution in [1.82, 2.24) is 19.9 Å². The SMILES string of the molecule is CCNC(c1nc(CC)c(C)s1)c1cncn1C(C)C. The van der Waals surface area contributed by atoms with Crippen molar-refractivity contribution in [3.05, 3.63) is 33.8 Å². The molecule has 110 valence electrons. The molecule has 20 heavy (non-hydrogen) atoms. The molecule has 2 rings (SSSR count). The molecule has 4 nitrogen and oxygen atoms in total. The van der Waals surface area contributed by atoms with Gasteiger partial charge in [-0.2, -0.15) is 0 Å². The van der Waals surface area contributed by atoms with Crippen molar-refractivity contribution in [3.63, 3.8) is 0 Å². The normalized spacial score (nSPS) is 13.1. The summed E-state index contributed by atoms with van der Waals surface area (Å²) in [6.45, 7) is 11.7. The summed E-state index contributed by atoms with van der Waals surface area (Å²) in [5, 5.41) is 4.69. The third kappa shape index (κ3) is 2.94. The van der Waals surface area contributed by atoms with Crippen LogP contribution in [0, 0.1) is 6.92 Å². The molecule has 0 bridgehead atoms. The number of imidazole rings is 1. The number of rotatable bonds is 6. The Morgan fingerprint density at radius 2 is 2.10 bits per heavy atom. The number of thiazole rings is 1. The Balaban J connectivity index is 2.42. The first-order valence-electron chi connectivity index (χ1n) is 7.29. The zero-order valence-corrected chi connectivity index (χ0v) is 13.8. The lowest BCUT2D eigenvalue weighted by atomic mass is 10.2. The van der Waals surface area contributed by atoms with Crippen LogP contribution in [0.2, 0.25) is 0 Å². The van der Waals surface area contributed by atoms with Gasteiger partial charge >= 0.3 is 0 Å². The smallest absolute Gasteiger partial charge is 0.116 e. The second kappa shape index (κ2) is 6.50. The van der Waals surface area contributed by atoms with Crippen LogP contribution in [-0.2, 0) is 6.42 Å². The van der Waals surface area contributed by atoms with Crippen LogP contribution in [-0.4, -0.2) is 21.1 Å². The number of nitrogens with zero attached hydrogens (tertiary/aromatic N) is 3. The Morgan fingerprint density at radius 1 is 1.35 bits per heavy atom. The largest absolute Gasteiger partial charge is 0.330 e. The van der Waals surface area contributed by atoms with Gasteiger partial charge in [-0.25, -0.2) is 9.97 Å². The predicted molar refractivity (Wildman–Crippen MR) is 84.4 cm³/mol. The minimum atomic E-state index is 0.133. The predicted octanol–water partition coefficient (Wildman–Crippen LogP) is 3.49. The molecule has 0 saturated carbocycles. The van der Waals surface area contributed by atoms with Gasteiger partial charge in [-0.1, -0.05) is 13.8 Å². The van der Waals surface area contributed by atoms with Gasteiger partial charge in [0, 0.05) is 10.9 Å². The van der Waals surface area contributed by atoms with E-state index in [-0.39, 0.29) is 6.04 Å². The minimum absolute atomic E-state index is 0.133. The fourth-order valence-electron chi connectivity index (χ4n) is 2.39. The Hall–Kier alpha value is -1.20. The Bertz CT molecular complexity index is 556. The molecule has 0 saturated heterocycles. The number of hydrogen-bond acceptors (Lipinski definition) is 4. The number of hydrogen-bond donors (Lipinski definition) is 1. The highest BCUT2D eigenvalue weighted by molar-refractivity contribution is 7.11. The molecule has 2 aromatic heterocycles. The van der Waals surface area contributed by atoms with Crippen molar-refractivity contribution < 1.29 is 0 Å². The molecule has 5 heteroatoms. The molecule has 0 aliphatic heterocycles. The van der Waals surface area contributed by atoms with Gasteiger partial charge in [-0.05, 0) is 33.7 Å². The van der Waals surface area contributed by atoms with Crippen molar-refractivity contribution in [2.75, 3.05) is 6.54 Å². The van der Waals surface area contributed by atoms with Crippen molar-refractivity contribution in [2.45, 2.75) is 53.1 Å². The van der Waals surface area contributed by atoms with E-state index in [4.69, 9.17) is 4.98 Å². The van der Waals surface area contributed by atoms with E-state index in [1.165, 1.54) is 16.3 Å². The summed E-state index contributed by atoms with van der Waals surface area (Å²) in [6.07, 6.45) is 4.85. The summed E-state index contributed by atoms with van der Waals surface area (Å²) < 4.78 is 2.22. The second-order valence-corrected chi connectivity index (χ2v) is 6.45. The monoisotopic (exact) mass is 292 g/mol. The fraction of sp³-hybridized carbons (Fsp3) is 0.600. The molecule has 2 aromatic rings. The molecule has 0 fully saturated rings. The maximum absolute atomic E-state index is 4.82. The van der Waals surface area contributed by atoms with E-state index in [2.05, 4.69) is 49.5 Å². The lowest BCUT2D eigenvalue weighted by molar-refractivity contribution is 0.521. The van der Waals surface area contributed by atoms with E-state index in [9.17, 15) is 0 Å². The van der Waals surface area contributed by atoms with E-state index in [0.29, 0.717) is 6.04 Å². The Morgan fingerprint density at radius 3 is 2.65 bits per heavy atom. The summed E-state index contributed by atoms with van der Waals surface area (Å²) in [7, 11) is 0. The summed E-state index contributed by atoms with van der Waals surface area (Å²) in [4.78, 5) is 10.5. The topological polar surface area (TPSA) is 42.7 Å². The van der Waals surface area contributed by atoms with E-state index >= 15 is 0 Å². The van der Waals surface area contributed by atoms with E-state index in [0.717, 1.165) is 18.0 Å². The number of aromatic nitrogens is 3. The van der Waals surface area contributed by atoms with Crippen LogP contribution in [0.4, 0.5) is 0 Å². The zero-order valence-electron chi connectivity index (χ0n) is 13.0. The summed E-state index contributed by atoms with van der Waals surface area (Å²) in [6, 6.07) is 0.536. The van der Waals surface area contributed by atoms with Gasteiger partial charge in [-0.15, -0.1) is 11.3 Å². The van der Waals surface area contributed by atoms with E-state index in [1.807, 2.05) is 12.5 Å². The standard InChI is InChI=1S/C15H24N4S/c1-6-12-11(5)20-15(18-12)14(17-7-2)13-8-16-9-19(13)10(3)4/h8-10,14,17H,6-7H2,1-5H3. The summed E-state index contributed by atoms with van der Waals surface area (Å²) >= 11 is 1.79. The Labute approximate surface area is 125 Å². The lowest BCUT2D eigenvalue weighted by Gasteiger charge is -2.19. The van der Waals surface area contributed by atoms with Gasteiger partial charge in [0.2, 0.25) is 0 Å². The van der Waals surface area contributed by atoms with Crippen molar-refractivity contribution in [1.29, 1.82) is 0 Å². The van der Waals surface area contributed by atoms with Gasteiger partial charge in [0.05, 0.1) is 23.9 Å². The molecular formula is C15H24N4S. The molecule has 0 radical (unpaired) electrons. The quantitative estimate of drug-likeness (QED) is 0.886. The second-order valence-electron chi connectivity index (χ2n) is 5.22. The van der Waals surface area contributed by atoms with Crippen LogP contribution in [0.25, 0.3) is 0 Å². The van der Waals surface area contributed by atoms with Crippen molar-refractivity contribution in [2.24, 2.45) is 0 Å². The highest BCUT2D eigenvalue weighted by Crippen LogP contribution is 2.29. The van der Waals surface area contributed by atoms with E-state index in [1.54, 1.807) is 11.3 Å². The zero-order chi connectivity index (χ0) is 14.7. The number of nitrogens with one attached hydrogen (secondary N) is 1. The molecule has 0 aliphatic carbocycles. The first-order chi connectivity index (χ1) is 9.58. The summed E-state index contributed by atoms with van der Waals surface area (Å²) in [5.74, 6) is 0. The Kier molecular flexibility index (Phi) is 4.94. The average molecular weight is 292 g/mol. The first-order valence-corrected chi connectivity index (χ1v) is 8.11. The van der Waals surface area contributed by atoms with Gasteiger partial charge < -0.3 is 9.88 Å². The van der Waals surface area contributed by atoms with Crippen LogP contribution in [0.3, 0.4) is 0 Å². The first kappa shape index (κ1) is 15.2. The molecule has 0 amide bonds. The van der Waals surface area contributed by atoms with Gasteiger partial charge in [0.25, 0.3) is 0 Å². The fourth-order valence-corrected chi connectivity index (χ4v) is 3.49. The van der Waals surface area contributed by atoms with Crippen LogP contribution in [0.5, 0.6) is 0 Å². The van der Waals surface area contributed by atoms with Crippen LogP contribution >= 0.6 is 11.3 Å². The molecule has 0 aromatic carbocycles. The van der Waals surface area contributed by atoms with Crippen molar-refractivity contribution >= 4 is 11.3 Å². The van der Waals surface area contributed by atoms with Crippen molar-refractivity contribution in [3.8, 4) is 0 Å². The van der Waals surface area contributed by atoms with Crippen LogP contribution < -0.4 is 5.32 Å². The molecule has 1 atom stereocenters. The maximum Gasteiger partial charge on any atom is 0.116 e. The molecule has 1 unspecified atom stereocenters. The third-order valence-corrected chi connectivity index (χ3v) is 4.53.